The average Bonchev–Trinajstić information content (AvgIpc) is 2.83. The summed E-state index contributed by atoms with van der Waals surface area (Å²) in [5.74, 6) is -0.506. The van der Waals surface area contributed by atoms with Gasteiger partial charge in [0.2, 0.25) is 16.0 Å². The molecule has 4 aromatic rings. The van der Waals surface area contributed by atoms with Gasteiger partial charge in [0.25, 0.3) is 0 Å². The lowest BCUT2D eigenvalue weighted by Crippen LogP contribution is -2.18. The van der Waals surface area contributed by atoms with Crippen LogP contribution in [0.3, 0.4) is 0 Å². The number of hydrogen-bond donors (Lipinski definition) is 3. The highest BCUT2D eigenvalue weighted by molar-refractivity contribution is 7.89. The number of nitrogens with one attached hydrogen (secondary N) is 3. The van der Waals surface area contributed by atoms with Gasteiger partial charge in [0.05, 0.1) is 11.1 Å². The van der Waals surface area contributed by atoms with Crippen LogP contribution in [-0.4, -0.2) is 30.4 Å². The molecule has 10 heteroatoms. The molecular weight excluding hydrogens is 443 g/mol. The molecular formula is C23H21FN6O2S. The van der Waals surface area contributed by atoms with Crippen LogP contribution in [0.1, 0.15) is 11.1 Å². The first-order valence-corrected chi connectivity index (χ1v) is 11.5. The topological polar surface area (TPSA) is 109 Å². The van der Waals surface area contributed by atoms with E-state index in [1.807, 2.05) is 36.4 Å². The lowest BCUT2D eigenvalue weighted by Gasteiger charge is -2.11. The summed E-state index contributed by atoms with van der Waals surface area (Å²) in [5, 5.41) is 5.86. The maximum Gasteiger partial charge on any atom is 0.240 e. The molecule has 0 spiro atoms. The first-order valence-electron chi connectivity index (χ1n) is 10.0. The van der Waals surface area contributed by atoms with Crippen molar-refractivity contribution in [3.05, 3.63) is 96.2 Å². The van der Waals surface area contributed by atoms with Crippen molar-refractivity contribution in [1.82, 2.24) is 19.7 Å². The number of pyridine rings is 1. The van der Waals surface area contributed by atoms with E-state index in [2.05, 4.69) is 30.3 Å². The third kappa shape index (κ3) is 5.68. The van der Waals surface area contributed by atoms with E-state index in [4.69, 9.17) is 0 Å². The zero-order valence-electron chi connectivity index (χ0n) is 17.7. The molecule has 0 aliphatic rings. The average molecular weight is 465 g/mol. The smallest absolute Gasteiger partial charge is 0.240 e. The minimum Gasteiger partial charge on any atom is -0.338 e. The summed E-state index contributed by atoms with van der Waals surface area (Å²) in [4.78, 5) is 12.2. The van der Waals surface area contributed by atoms with Crippen molar-refractivity contribution < 1.29 is 12.8 Å². The Kier molecular flexibility index (Phi) is 6.57. The molecule has 0 saturated carbocycles. The first-order chi connectivity index (χ1) is 15.9. The third-order valence-corrected chi connectivity index (χ3v) is 6.20. The van der Waals surface area contributed by atoms with E-state index in [0.29, 0.717) is 11.4 Å². The Morgan fingerprint density at radius 2 is 1.64 bits per heavy atom. The normalized spacial score (nSPS) is 11.2. The Morgan fingerprint density at radius 1 is 0.909 bits per heavy atom. The highest BCUT2D eigenvalue weighted by Crippen LogP contribution is 2.22. The SMILES string of the molecule is CNS(=O)(=O)c1cccc(Nc2ncc(F)c(Nc3ccc(Cc4ccncc4)cc3)n2)c1. The summed E-state index contributed by atoms with van der Waals surface area (Å²) >= 11 is 0. The zero-order chi connectivity index (χ0) is 23.3. The van der Waals surface area contributed by atoms with Crippen LogP contribution in [0, 0.1) is 5.82 Å². The van der Waals surface area contributed by atoms with Crippen LogP contribution in [-0.2, 0) is 16.4 Å². The molecule has 2 heterocycles. The van der Waals surface area contributed by atoms with E-state index in [1.54, 1.807) is 24.5 Å². The molecule has 0 bridgehead atoms. The molecule has 2 aromatic heterocycles. The van der Waals surface area contributed by atoms with Crippen molar-refractivity contribution in [3.8, 4) is 0 Å². The lowest BCUT2D eigenvalue weighted by atomic mass is 10.1. The number of halogens is 1. The summed E-state index contributed by atoms with van der Waals surface area (Å²) in [6.45, 7) is 0. The molecule has 3 N–H and O–H groups in total. The van der Waals surface area contributed by atoms with Crippen molar-refractivity contribution in [2.75, 3.05) is 17.7 Å². The molecule has 0 saturated heterocycles. The maximum absolute atomic E-state index is 14.3. The van der Waals surface area contributed by atoms with Gasteiger partial charge in [0.1, 0.15) is 0 Å². The second-order valence-corrected chi connectivity index (χ2v) is 8.99. The second kappa shape index (κ2) is 9.72. The number of nitrogens with zero attached hydrogens (tertiary/aromatic N) is 3. The quantitative estimate of drug-likeness (QED) is 0.362. The van der Waals surface area contributed by atoms with Gasteiger partial charge in [0, 0.05) is 23.8 Å². The fourth-order valence-corrected chi connectivity index (χ4v) is 3.86. The summed E-state index contributed by atoms with van der Waals surface area (Å²) in [5.41, 5.74) is 3.37. The Hall–Kier alpha value is -3.89. The monoisotopic (exact) mass is 464 g/mol. The molecule has 0 amide bonds. The van der Waals surface area contributed by atoms with Crippen LogP contribution in [0.4, 0.5) is 27.5 Å². The molecule has 8 nitrogen and oxygen atoms in total. The number of anilines is 4. The Balaban J connectivity index is 1.48. The predicted molar refractivity (Wildman–Crippen MR) is 125 cm³/mol. The predicted octanol–water partition coefficient (Wildman–Crippen LogP) is 4.00. The minimum atomic E-state index is -3.60. The number of benzene rings is 2. The van der Waals surface area contributed by atoms with Crippen LogP contribution in [0.5, 0.6) is 0 Å². The van der Waals surface area contributed by atoms with Crippen molar-refractivity contribution in [3.63, 3.8) is 0 Å². The van der Waals surface area contributed by atoms with Crippen LogP contribution in [0.25, 0.3) is 0 Å². The zero-order valence-corrected chi connectivity index (χ0v) is 18.5. The summed E-state index contributed by atoms with van der Waals surface area (Å²) in [7, 11) is -2.26. The van der Waals surface area contributed by atoms with Gasteiger partial charge in [0.15, 0.2) is 11.6 Å². The molecule has 0 unspecified atom stereocenters. The van der Waals surface area contributed by atoms with Crippen molar-refractivity contribution in [2.24, 2.45) is 0 Å². The molecule has 0 fully saturated rings. The summed E-state index contributed by atoms with van der Waals surface area (Å²) in [6, 6.07) is 17.7. The molecule has 4 rings (SSSR count). The Bertz CT molecular complexity index is 1350. The van der Waals surface area contributed by atoms with E-state index in [-0.39, 0.29) is 16.7 Å². The van der Waals surface area contributed by atoms with Crippen LogP contribution in [0.2, 0.25) is 0 Å². The third-order valence-electron chi connectivity index (χ3n) is 4.79. The molecule has 0 atom stereocenters. The Morgan fingerprint density at radius 3 is 2.36 bits per heavy atom. The van der Waals surface area contributed by atoms with Crippen molar-refractivity contribution >= 4 is 33.2 Å². The first kappa shape index (κ1) is 22.3. The highest BCUT2D eigenvalue weighted by Gasteiger charge is 2.13. The summed E-state index contributed by atoms with van der Waals surface area (Å²) < 4.78 is 40.6. The van der Waals surface area contributed by atoms with Gasteiger partial charge >= 0.3 is 0 Å². The fraction of sp³-hybridized carbons (Fsp3) is 0.0870. The van der Waals surface area contributed by atoms with E-state index in [9.17, 15) is 12.8 Å². The highest BCUT2D eigenvalue weighted by atomic mass is 32.2. The minimum absolute atomic E-state index is 0.00613. The summed E-state index contributed by atoms with van der Waals surface area (Å²) in [6.07, 6.45) is 5.32. The molecule has 0 aliphatic heterocycles. The molecule has 33 heavy (non-hydrogen) atoms. The standard InChI is InChI=1S/C23H21FN6O2S/c1-25-33(31,32)20-4-2-3-19(14-20)29-23-27-15-21(24)22(30-23)28-18-7-5-16(6-8-18)13-17-9-11-26-12-10-17/h2-12,14-15,25H,13H2,1H3,(H2,27,28,29,30). The van der Waals surface area contributed by atoms with Gasteiger partial charge in [-0.05, 0) is 67.1 Å². The molecule has 0 aliphatic carbocycles. The van der Waals surface area contributed by atoms with Gasteiger partial charge in [-0.1, -0.05) is 18.2 Å². The van der Waals surface area contributed by atoms with Gasteiger partial charge in [-0.2, -0.15) is 4.98 Å². The Labute approximate surface area is 191 Å². The maximum atomic E-state index is 14.3. The van der Waals surface area contributed by atoms with Gasteiger partial charge in [-0.3, -0.25) is 4.98 Å². The van der Waals surface area contributed by atoms with Crippen LogP contribution < -0.4 is 15.4 Å². The number of rotatable bonds is 8. The number of hydrogen-bond acceptors (Lipinski definition) is 7. The van der Waals surface area contributed by atoms with E-state index < -0.39 is 15.8 Å². The van der Waals surface area contributed by atoms with Gasteiger partial charge in [-0.25, -0.2) is 22.5 Å². The fourth-order valence-electron chi connectivity index (χ4n) is 3.08. The number of sulfonamides is 1. The molecule has 168 valence electrons. The largest absolute Gasteiger partial charge is 0.338 e. The van der Waals surface area contributed by atoms with Crippen LogP contribution in [0.15, 0.2) is 84.1 Å². The lowest BCUT2D eigenvalue weighted by molar-refractivity contribution is 0.588. The van der Waals surface area contributed by atoms with Crippen molar-refractivity contribution in [2.45, 2.75) is 11.3 Å². The van der Waals surface area contributed by atoms with E-state index in [0.717, 1.165) is 23.7 Å². The molecule has 2 aromatic carbocycles. The van der Waals surface area contributed by atoms with Crippen molar-refractivity contribution in [1.29, 1.82) is 0 Å². The van der Waals surface area contributed by atoms with Gasteiger partial charge in [-0.15, -0.1) is 0 Å². The van der Waals surface area contributed by atoms with Crippen LogP contribution >= 0.6 is 0 Å². The van der Waals surface area contributed by atoms with E-state index >= 15 is 0 Å². The number of aromatic nitrogens is 3. The van der Waals surface area contributed by atoms with Gasteiger partial charge < -0.3 is 10.6 Å². The van der Waals surface area contributed by atoms with E-state index in [1.165, 1.54) is 19.2 Å². The molecule has 0 radical (unpaired) electrons. The second-order valence-electron chi connectivity index (χ2n) is 7.10.